The van der Waals surface area contributed by atoms with E-state index in [4.69, 9.17) is 0 Å². The van der Waals surface area contributed by atoms with Gasteiger partial charge in [-0.3, -0.25) is 0 Å². The minimum absolute atomic E-state index is 0.358. The summed E-state index contributed by atoms with van der Waals surface area (Å²) in [7, 11) is 4.24. The zero-order chi connectivity index (χ0) is 17.1. The normalized spacial score (nSPS) is 53.1. The van der Waals surface area contributed by atoms with Crippen molar-refractivity contribution >= 4 is 0 Å². The molecule has 0 radical (unpaired) electrons. The highest BCUT2D eigenvalue weighted by molar-refractivity contribution is 5.24. The molecule has 4 aliphatic rings. The van der Waals surface area contributed by atoms with E-state index in [-0.39, 0.29) is 0 Å². The van der Waals surface area contributed by atoms with Gasteiger partial charge in [-0.05, 0) is 80.4 Å². The second-order valence-corrected chi connectivity index (χ2v) is 9.31. The molecule has 2 fully saturated rings. The summed E-state index contributed by atoms with van der Waals surface area (Å²) in [5.41, 5.74) is 0.720. The Kier molecular flexibility index (Phi) is 3.89. The van der Waals surface area contributed by atoms with E-state index in [9.17, 15) is 5.11 Å². The van der Waals surface area contributed by atoms with Gasteiger partial charge in [-0.25, -0.2) is 0 Å². The van der Waals surface area contributed by atoms with Gasteiger partial charge in [-0.1, -0.05) is 26.0 Å². The van der Waals surface area contributed by atoms with Crippen LogP contribution >= 0.6 is 0 Å². The van der Waals surface area contributed by atoms with Crippen LogP contribution in [-0.4, -0.2) is 31.3 Å². The molecule has 4 aliphatic carbocycles. The second-order valence-electron chi connectivity index (χ2n) is 9.31. The third kappa shape index (κ3) is 2.10. The molecule has 0 spiro atoms. The molecule has 0 aromatic rings. The molecule has 3 nitrogen and oxygen atoms in total. The van der Waals surface area contributed by atoms with Crippen molar-refractivity contribution in [2.45, 2.75) is 58.0 Å². The number of fused-ring (bicyclic) bond motifs is 5. The summed E-state index contributed by atoms with van der Waals surface area (Å²) in [6.07, 6.45) is 13.0. The maximum atomic E-state index is 10.1. The average Bonchev–Trinajstić information content (AvgIpc) is 2.91. The summed E-state index contributed by atoms with van der Waals surface area (Å²) in [4.78, 5) is 0. The third-order valence-corrected chi connectivity index (χ3v) is 8.52. The quantitative estimate of drug-likeness (QED) is 0.677. The van der Waals surface area contributed by atoms with Gasteiger partial charge >= 0.3 is 0 Å². The van der Waals surface area contributed by atoms with Crippen molar-refractivity contribution in [2.75, 3.05) is 14.1 Å². The van der Waals surface area contributed by atoms with Gasteiger partial charge in [0.15, 0.2) is 0 Å². The first kappa shape index (κ1) is 16.7. The lowest BCUT2D eigenvalue weighted by Crippen LogP contribution is -2.61. The van der Waals surface area contributed by atoms with Crippen molar-refractivity contribution in [3.05, 3.63) is 24.0 Å². The molecular formula is C21H34N2O. The van der Waals surface area contributed by atoms with Gasteiger partial charge in [0, 0.05) is 18.5 Å². The maximum absolute atomic E-state index is 10.1. The van der Waals surface area contributed by atoms with Gasteiger partial charge in [0.25, 0.3) is 0 Å². The summed E-state index contributed by atoms with van der Waals surface area (Å²) < 4.78 is 0. The maximum Gasteiger partial charge on any atom is 0.0886 e. The molecule has 0 bridgehead atoms. The van der Waals surface area contributed by atoms with Crippen molar-refractivity contribution < 1.29 is 5.11 Å². The predicted octanol–water partition coefficient (Wildman–Crippen LogP) is 3.64. The van der Waals surface area contributed by atoms with Crippen molar-refractivity contribution in [3.63, 3.8) is 0 Å². The molecule has 0 heterocycles. The first-order valence-corrected chi connectivity index (χ1v) is 9.86. The van der Waals surface area contributed by atoms with Crippen LogP contribution < -0.4 is 10.6 Å². The smallest absolute Gasteiger partial charge is 0.0886 e. The molecule has 134 valence electrons. The number of hydrogen-bond acceptors (Lipinski definition) is 3. The number of hydrogen-bond donors (Lipinski definition) is 3. The summed E-state index contributed by atoms with van der Waals surface area (Å²) in [6, 6.07) is 1.07. The van der Waals surface area contributed by atoms with Crippen molar-refractivity contribution in [1.82, 2.24) is 10.6 Å². The molecule has 4 rings (SSSR count). The Morgan fingerprint density at radius 3 is 2.58 bits per heavy atom. The van der Waals surface area contributed by atoms with Crippen molar-refractivity contribution in [3.8, 4) is 0 Å². The number of aliphatic hydroxyl groups is 1. The van der Waals surface area contributed by atoms with Crippen LogP contribution in [0.1, 0.15) is 46.0 Å². The Hall–Kier alpha value is -0.800. The summed E-state index contributed by atoms with van der Waals surface area (Å²) in [5.74, 6) is 3.31. The molecule has 8 atom stereocenters. The van der Waals surface area contributed by atoms with Crippen molar-refractivity contribution in [1.29, 1.82) is 0 Å². The minimum Gasteiger partial charge on any atom is -0.513 e. The van der Waals surface area contributed by atoms with E-state index in [0.29, 0.717) is 40.5 Å². The Morgan fingerprint density at radius 1 is 1.08 bits per heavy atom. The first-order valence-electron chi connectivity index (χ1n) is 9.86. The lowest BCUT2D eigenvalue weighted by molar-refractivity contribution is -0.0950. The van der Waals surface area contributed by atoms with E-state index in [2.05, 4.69) is 56.8 Å². The van der Waals surface area contributed by atoms with Crippen LogP contribution in [0.25, 0.3) is 0 Å². The number of likely N-dealkylation sites (N-methyl/N-ethyl adjacent to an activating group) is 1. The Morgan fingerprint density at radius 2 is 1.88 bits per heavy atom. The van der Waals surface area contributed by atoms with Gasteiger partial charge in [0.05, 0.1) is 5.76 Å². The van der Waals surface area contributed by atoms with E-state index in [0.717, 1.165) is 24.7 Å². The standard InChI is InChI=1S/C21H34N2O/c1-20-9-7-14(24)11-13(20)12-17(22-3)19-15-5-6-18(23-4)21(15,2)10-8-16(19)20/h5-6,11,13,15-19,22-24H,7-10,12H2,1-4H3/t13?,15-,16-,17-,18-,19-,20-,21-/m0/s1. The monoisotopic (exact) mass is 330 g/mol. The highest BCUT2D eigenvalue weighted by Crippen LogP contribution is 2.64. The van der Waals surface area contributed by atoms with Gasteiger partial charge in [-0.2, -0.15) is 0 Å². The van der Waals surface area contributed by atoms with Crippen LogP contribution in [-0.2, 0) is 0 Å². The van der Waals surface area contributed by atoms with E-state index in [1.807, 2.05) is 0 Å². The lowest BCUT2D eigenvalue weighted by Gasteiger charge is -2.61. The van der Waals surface area contributed by atoms with E-state index >= 15 is 0 Å². The van der Waals surface area contributed by atoms with Crippen LogP contribution in [0.2, 0.25) is 0 Å². The molecular weight excluding hydrogens is 296 g/mol. The van der Waals surface area contributed by atoms with Gasteiger partial charge in [0.2, 0.25) is 0 Å². The van der Waals surface area contributed by atoms with E-state index in [1.54, 1.807) is 0 Å². The largest absolute Gasteiger partial charge is 0.513 e. The minimum atomic E-state index is 0.358. The molecule has 3 heteroatoms. The van der Waals surface area contributed by atoms with Crippen LogP contribution in [0.5, 0.6) is 0 Å². The summed E-state index contributed by atoms with van der Waals surface area (Å²) in [6.45, 7) is 5.02. The van der Waals surface area contributed by atoms with E-state index < -0.39 is 0 Å². The second kappa shape index (κ2) is 5.60. The fourth-order valence-corrected chi connectivity index (χ4v) is 7.03. The number of aliphatic hydroxyl groups excluding tert-OH is 1. The predicted molar refractivity (Wildman–Crippen MR) is 98.8 cm³/mol. The fourth-order valence-electron chi connectivity index (χ4n) is 7.03. The lowest BCUT2D eigenvalue weighted by atomic mass is 9.44. The molecule has 3 N–H and O–H groups in total. The zero-order valence-corrected chi connectivity index (χ0v) is 15.7. The number of nitrogens with one attached hydrogen (secondary N) is 2. The van der Waals surface area contributed by atoms with Gasteiger partial charge in [0.1, 0.15) is 0 Å². The molecule has 0 saturated heterocycles. The van der Waals surface area contributed by atoms with Crippen LogP contribution in [0.15, 0.2) is 24.0 Å². The molecule has 0 amide bonds. The average molecular weight is 331 g/mol. The topological polar surface area (TPSA) is 44.3 Å². The van der Waals surface area contributed by atoms with Crippen LogP contribution in [0.3, 0.4) is 0 Å². The highest BCUT2D eigenvalue weighted by Gasteiger charge is 2.60. The number of allylic oxidation sites excluding steroid dienone is 3. The highest BCUT2D eigenvalue weighted by atomic mass is 16.3. The molecule has 24 heavy (non-hydrogen) atoms. The fraction of sp³-hybridized carbons (Fsp3) is 0.810. The Labute approximate surface area is 147 Å². The SMILES string of the molecule is CN[C@H]1CC2C=C(O)CC[C@]2(C)[C@H]2CC[C@]3(C)[C@@H](NC)C=C[C@H]3[C@H]12. The number of rotatable bonds is 2. The van der Waals surface area contributed by atoms with E-state index in [1.165, 1.54) is 19.3 Å². The Bertz CT molecular complexity index is 570. The van der Waals surface area contributed by atoms with Crippen LogP contribution in [0.4, 0.5) is 0 Å². The molecule has 1 unspecified atom stereocenters. The third-order valence-electron chi connectivity index (χ3n) is 8.52. The summed E-state index contributed by atoms with van der Waals surface area (Å²) in [5, 5.41) is 17.3. The summed E-state index contributed by atoms with van der Waals surface area (Å²) >= 11 is 0. The molecule has 0 aromatic carbocycles. The molecule has 0 aliphatic heterocycles. The Balaban J connectivity index is 1.72. The van der Waals surface area contributed by atoms with Crippen molar-refractivity contribution in [2.24, 2.45) is 34.5 Å². The van der Waals surface area contributed by atoms with Gasteiger partial charge < -0.3 is 15.7 Å². The molecule has 0 aromatic heterocycles. The van der Waals surface area contributed by atoms with Gasteiger partial charge in [-0.15, -0.1) is 0 Å². The first-order chi connectivity index (χ1) is 11.4. The molecule has 2 saturated carbocycles. The van der Waals surface area contributed by atoms with Crippen LogP contribution in [0, 0.1) is 34.5 Å². The zero-order valence-electron chi connectivity index (χ0n) is 15.7.